The van der Waals surface area contributed by atoms with E-state index in [2.05, 4.69) is 33.9 Å². The van der Waals surface area contributed by atoms with Gasteiger partial charge in [-0.25, -0.2) is 5.06 Å². The lowest BCUT2D eigenvalue weighted by Crippen LogP contribution is -2.71. The fourth-order valence-electron chi connectivity index (χ4n) is 1.98. The lowest BCUT2D eigenvalue weighted by molar-refractivity contribution is -0.179. The molecule has 1 atom stereocenters. The summed E-state index contributed by atoms with van der Waals surface area (Å²) in [6.45, 7) is 10.7. The molecule has 1 aliphatic rings. The van der Waals surface area contributed by atoms with Crippen molar-refractivity contribution in [2.75, 3.05) is 14.2 Å². The van der Waals surface area contributed by atoms with Crippen LogP contribution < -0.4 is 0 Å². The zero-order valence-electron chi connectivity index (χ0n) is 12.4. The largest absolute Gasteiger partial charge is 0.357 e. The quantitative estimate of drug-likeness (QED) is 0.445. The highest BCUT2D eigenvalue weighted by Crippen LogP contribution is 2.43. The number of carbonyl (C=O) groups is 2. The fourth-order valence-corrected chi connectivity index (χ4v) is 4.40. The summed E-state index contributed by atoms with van der Waals surface area (Å²) in [5.74, 6) is -0.0497. The summed E-state index contributed by atoms with van der Waals surface area (Å²) in [5.41, 5.74) is 0. The molecule has 0 radical (unpaired) electrons. The zero-order chi connectivity index (χ0) is 14.3. The van der Waals surface area contributed by atoms with Crippen LogP contribution >= 0.6 is 0 Å². The Morgan fingerprint density at radius 1 is 1.44 bits per heavy atom. The molecule has 0 aromatic rings. The number of nitrogens with zero attached hydrogens (tertiary/aromatic N) is 2. The average Bonchev–Trinajstić information content (AvgIpc) is 2.21. The Kier molecular flexibility index (Phi) is 3.93. The second-order valence-electron chi connectivity index (χ2n) is 6.31. The predicted octanol–water partition coefficient (Wildman–Crippen LogP) is 1.61. The van der Waals surface area contributed by atoms with E-state index < -0.39 is 8.24 Å². The lowest BCUT2D eigenvalue weighted by atomic mass is 10.1. The van der Waals surface area contributed by atoms with Gasteiger partial charge in [-0.1, -0.05) is 33.9 Å². The van der Waals surface area contributed by atoms with Gasteiger partial charge in [0.15, 0.2) is 8.24 Å². The third-order valence-electron chi connectivity index (χ3n) is 4.26. The molecule has 0 saturated carbocycles. The number of likely N-dealkylation sites (N-methyl/N-ethyl adjacent to an activating group) is 1. The van der Waals surface area contributed by atoms with Crippen LogP contribution in [0, 0.1) is 0 Å². The Morgan fingerprint density at radius 2 is 1.94 bits per heavy atom. The molecular weight excluding hydrogens is 248 g/mol. The number of carbonyl (C=O) groups excluding carboxylic acids is 2. The maximum Gasteiger partial charge on any atom is 0.268 e. The summed E-state index contributed by atoms with van der Waals surface area (Å²) in [6.07, 6.45) is 0.305. The van der Waals surface area contributed by atoms with Crippen LogP contribution in [0.15, 0.2) is 0 Å². The minimum Gasteiger partial charge on any atom is -0.357 e. The molecule has 18 heavy (non-hydrogen) atoms. The van der Waals surface area contributed by atoms with E-state index in [0.717, 1.165) is 0 Å². The molecule has 2 amide bonds. The van der Waals surface area contributed by atoms with Gasteiger partial charge in [-0.15, -0.1) is 0 Å². The van der Waals surface area contributed by atoms with Gasteiger partial charge in [0.2, 0.25) is 5.91 Å². The van der Waals surface area contributed by atoms with Gasteiger partial charge in [-0.3, -0.25) is 14.4 Å². The Morgan fingerprint density at radius 3 is 2.28 bits per heavy atom. The molecule has 0 spiro atoms. The van der Waals surface area contributed by atoms with Gasteiger partial charge < -0.3 is 4.57 Å². The molecule has 1 fully saturated rings. The molecule has 0 bridgehead atoms. The van der Waals surface area contributed by atoms with Crippen LogP contribution in [0.1, 0.15) is 27.2 Å². The third-order valence-corrected chi connectivity index (χ3v) is 9.69. The highest BCUT2D eigenvalue weighted by Gasteiger charge is 2.54. The number of β-lactam (4-membered cyclic amide) rings is 1. The van der Waals surface area contributed by atoms with Crippen LogP contribution in [0.2, 0.25) is 18.1 Å². The molecule has 0 aromatic carbocycles. The summed E-state index contributed by atoms with van der Waals surface area (Å²) in [5, 5.41) is 1.24. The molecule has 5 nitrogen and oxygen atoms in total. The van der Waals surface area contributed by atoms with E-state index in [0.29, 0.717) is 6.42 Å². The third kappa shape index (κ3) is 2.31. The van der Waals surface area contributed by atoms with E-state index in [1.807, 2.05) is 4.57 Å². The Balaban J connectivity index is 2.95. The van der Waals surface area contributed by atoms with Crippen molar-refractivity contribution in [3.63, 3.8) is 0 Å². The minimum absolute atomic E-state index is 0.0350. The summed E-state index contributed by atoms with van der Waals surface area (Å²) in [4.78, 5) is 28.9. The molecule has 0 aromatic heterocycles. The smallest absolute Gasteiger partial charge is 0.268 e. The van der Waals surface area contributed by atoms with Crippen LogP contribution in [-0.4, -0.2) is 49.9 Å². The van der Waals surface area contributed by atoms with Crippen molar-refractivity contribution in [3.05, 3.63) is 0 Å². The Hall–Kier alpha value is -0.883. The summed E-state index contributed by atoms with van der Waals surface area (Å²) >= 11 is 0. The number of hydrogen-bond acceptors (Lipinski definition) is 3. The van der Waals surface area contributed by atoms with E-state index in [1.54, 1.807) is 7.05 Å². The normalized spacial score (nSPS) is 20.7. The van der Waals surface area contributed by atoms with E-state index >= 15 is 0 Å². The first kappa shape index (κ1) is 15.2. The molecule has 1 rings (SSSR count). The Labute approximate surface area is 110 Å². The average molecular weight is 272 g/mol. The summed E-state index contributed by atoms with van der Waals surface area (Å²) in [6, 6.07) is -0.344. The molecule has 0 unspecified atom stereocenters. The molecule has 104 valence electrons. The molecule has 1 aliphatic heterocycles. The first-order valence-corrected chi connectivity index (χ1v) is 9.12. The maximum absolute atomic E-state index is 12.1. The van der Waals surface area contributed by atoms with Crippen molar-refractivity contribution < 1.29 is 14.4 Å². The molecule has 6 heteroatoms. The fraction of sp³-hybridized carbons (Fsp3) is 0.833. The minimum atomic E-state index is -1.99. The first-order chi connectivity index (χ1) is 8.04. The van der Waals surface area contributed by atoms with Crippen LogP contribution in [0.3, 0.4) is 0 Å². The van der Waals surface area contributed by atoms with Crippen molar-refractivity contribution in [2.45, 2.75) is 51.4 Å². The van der Waals surface area contributed by atoms with Crippen LogP contribution in [0.25, 0.3) is 0 Å². The topological polar surface area (TPSA) is 49.9 Å². The van der Waals surface area contributed by atoms with E-state index in [4.69, 9.17) is 4.84 Å². The van der Waals surface area contributed by atoms with E-state index in [9.17, 15) is 9.59 Å². The standard InChI is InChI=1S/C12H24N2O3Si/c1-12(2,3)18(6,7)14-9(8-10(14)15)11(16)13(4)17-5/h9H,8H2,1-7H3/t9-/m0/s1. The SMILES string of the molecule is CON(C)C(=O)[C@@H]1CC(=O)N1[Si](C)(C)C(C)(C)C. The maximum atomic E-state index is 12.1. The highest BCUT2D eigenvalue weighted by atomic mass is 28.3. The van der Waals surface area contributed by atoms with Crippen molar-refractivity contribution in [2.24, 2.45) is 0 Å². The van der Waals surface area contributed by atoms with Crippen molar-refractivity contribution in [1.29, 1.82) is 0 Å². The van der Waals surface area contributed by atoms with Gasteiger partial charge in [0.25, 0.3) is 5.91 Å². The molecule has 0 aliphatic carbocycles. The van der Waals surface area contributed by atoms with Crippen molar-refractivity contribution in [1.82, 2.24) is 9.63 Å². The highest BCUT2D eigenvalue weighted by molar-refractivity contribution is 6.80. The lowest BCUT2D eigenvalue weighted by Gasteiger charge is -2.54. The Bertz CT molecular complexity index is 363. The van der Waals surface area contributed by atoms with Crippen LogP contribution in [-0.2, 0) is 14.4 Å². The number of amides is 2. The number of rotatable bonds is 3. The van der Waals surface area contributed by atoms with Crippen LogP contribution in [0.5, 0.6) is 0 Å². The monoisotopic (exact) mass is 272 g/mol. The number of hydroxylamine groups is 2. The van der Waals surface area contributed by atoms with Crippen molar-refractivity contribution in [3.8, 4) is 0 Å². The molecular formula is C12H24N2O3Si. The summed E-state index contributed by atoms with van der Waals surface area (Å²) < 4.78 is 1.82. The number of hydrogen-bond donors (Lipinski definition) is 0. The van der Waals surface area contributed by atoms with Gasteiger partial charge in [-0.2, -0.15) is 0 Å². The molecule has 1 saturated heterocycles. The van der Waals surface area contributed by atoms with Gasteiger partial charge in [0, 0.05) is 7.05 Å². The first-order valence-electron chi connectivity index (χ1n) is 6.18. The van der Waals surface area contributed by atoms with Gasteiger partial charge in [0.1, 0.15) is 6.04 Å². The van der Waals surface area contributed by atoms with Crippen molar-refractivity contribution >= 4 is 20.0 Å². The van der Waals surface area contributed by atoms with Crippen LogP contribution in [0.4, 0.5) is 0 Å². The van der Waals surface area contributed by atoms with Gasteiger partial charge >= 0.3 is 0 Å². The van der Waals surface area contributed by atoms with Gasteiger partial charge in [0.05, 0.1) is 13.5 Å². The molecule has 1 heterocycles. The second kappa shape index (κ2) is 4.66. The van der Waals surface area contributed by atoms with E-state index in [1.165, 1.54) is 12.2 Å². The van der Waals surface area contributed by atoms with E-state index in [-0.39, 0.29) is 22.9 Å². The van der Waals surface area contributed by atoms with Gasteiger partial charge in [-0.05, 0) is 5.04 Å². The molecule has 0 N–H and O–H groups in total. The predicted molar refractivity (Wildman–Crippen MR) is 72.2 cm³/mol. The zero-order valence-corrected chi connectivity index (χ0v) is 13.4. The second-order valence-corrected chi connectivity index (χ2v) is 11.4. The summed E-state index contributed by atoms with van der Waals surface area (Å²) in [7, 11) is 1.04.